The van der Waals surface area contributed by atoms with Gasteiger partial charge in [-0.3, -0.25) is 4.79 Å². The third-order valence-electron chi connectivity index (χ3n) is 8.72. The number of anilines is 1. The summed E-state index contributed by atoms with van der Waals surface area (Å²) in [5.74, 6) is 0.0783. The van der Waals surface area contributed by atoms with Gasteiger partial charge in [0.25, 0.3) is 5.91 Å². The van der Waals surface area contributed by atoms with Crippen molar-refractivity contribution in [1.29, 1.82) is 0 Å². The monoisotopic (exact) mass is 598 g/mol. The van der Waals surface area contributed by atoms with Crippen LogP contribution in [0.5, 0.6) is 5.75 Å². The molecule has 0 saturated carbocycles. The Morgan fingerprint density at radius 1 is 0.886 bits per heavy atom. The van der Waals surface area contributed by atoms with Crippen molar-refractivity contribution in [3.8, 4) is 5.75 Å². The van der Waals surface area contributed by atoms with E-state index in [1.54, 1.807) is 12.1 Å². The first kappa shape index (κ1) is 33.1. The van der Waals surface area contributed by atoms with Crippen LogP contribution in [0.3, 0.4) is 0 Å². The lowest BCUT2D eigenvalue weighted by atomic mass is 9.86. The van der Waals surface area contributed by atoms with E-state index in [2.05, 4.69) is 74.3 Å². The van der Waals surface area contributed by atoms with E-state index >= 15 is 0 Å². The van der Waals surface area contributed by atoms with Crippen molar-refractivity contribution in [2.24, 2.45) is 0 Å². The van der Waals surface area contributed by atoms with E-state index < -0.39 is 12.0 Å². The summed E-state index contributed by atoms with van der Waals surface area (Å²) in [4.78, 5) is 27.2. The molecule has 0 spiro atoms. The standard InChI is InChI=1S/C38H50N2O4/c1-5-6-7-8-9-26-44-34-20-14-29(15-21-34)30-22-24-40(25-23-30)33-18-10-28(11-19-33)27-35(37(42)43)39-36(41)31-12-16-32(17-13-31)38(2,3)4/h10-21,30,35H,5-9,22-27H2,1-4H3,(H,39,41)(H,42,43)/t35-/m0/s1. The quantitative estimate of drug-likeness (QED) is 0.183. The minimum Gasteiger partial charge on any atom is -0.494 e. The molecular weight excluding hydrogens is 548 g/mol. The molecule has 44 heavy (non-hydrogen) atoms. The normalized spacial score (nSPS) is 14.7. The van der Waals surface area contributed by atoms with Gasteiger partial charge in [-0.2, -0.15) is 0 Å². The van der Waals surface area contributed by atoms with Gasteiger partial charge in [0.2, 0.25) is 0 Å². The van der Waals surface area contributed by atoms with E-state index in [9.17, 15) is 14.7 Å². The van der Waals surface area contributed by atoms with Crippen molar-refractivity contribution in [3.05, 3.63) is 95.1 Å². The molecule has 1 aliphatic heterocycles. The Balaban J connectivity index is 1.24. The average molecular weight is 599 g/mol. The number of nitrogens with zero attached hydrogens (tertiary/aromatic N) is 1. The summed E-state index contributed by atoms with van der Waals surface area (Å²) in [6, 6.07) is 23.1. The number of ether oxygens (including phenoxy) is 1. The summed E-state index contributed by atoms with van der Waals surface area (Å²) < 4.78 is 5.94. The van der Waals surface area contributed by atoms with E-state index in [0.717, 1.165) is 61.5 Å². The lowest BCUT2D eigenvalue weighted by Crippen LogP contribution is -2.42. The zero-order chi connectivity index (χ0) is 31.5. The highest BCUT2D eigenvalue weighted by atomic mass is 16.5. The molecule has 1 saturated heterocycles. The third-order valence-corrected chi connectivity index (χ3v) is 8.72. The van der Waals surface area contributed by atoms with Gasteiger partial charge in [-0.1, -0.05) is 89.8 Å². The number of carboxylic acids is 1. The lowest BCUT2D eigenvalue weighted by molar-refractivity contribution is -0.139. The Morgan fingerprint density at radius 2 is 1.52 bits per heavy atom. The maximum absolute atomic E-state index is 12.8. The molecule has 0 aliphatic carbocycles. The van der Waals surface area contributed by atoms with Gasteiger partial charge < -0.3 is 20.1 Å². The number of unbranched alkanes of at least 4 members (excludes halogenated alkanes) is 4. The molecule has 0 radical (unpaired) electrons. The van der Waals surface area contributed by atoms with Crippen molar-refractivity contribution in [2.75, 3.05) is 24.6 Å². The van der Waals surface area contributed by atoms with Crippen LogP contribution in [-0.2, 0) is 16.6 Å². The number of carbonyl (C=O) groups is 2. The van der Waals surface area contributed by atoms with Crippen LogP contribution >= 0.6 is 0 Å². The fourth-order valence-corrected chi connectivity index (χ4v) is 5.84. The molecule has 2 N–H and O–H groups in total. The van der Waals surface area contributed by atoms with Crippen LogP contribution < -0.4 is 15.0 Å². The molecular formula is C38H50N2O4. The van der Waals surface area contributed by atoms with Crippen LogP contribution in [0, 0.1) is 0 Å². The van der Waals surface area contributed by atoms with Crippen molar-refractivity contribution < 1.29 is 19.4 Å². The van der Waals surface area contributed by atoms with Crippen LogP contribution in [0.25, 0.3) is 0 Å². The largest absolute Gasteiger partial charge is 0.494 e. The van der Waals surface area contributed by atoms with E-state index in [4.69, 9.17) is 4.74 Å². The van der Waals surface area contributed by atoms with Crippen molar-refractivity contribution >= 4 is 17.6 Å². The topological polar surface area (TPSA) is 78.9 Å². The zero-order valence-electron chi connectivity index (χ0n) is 27.0. The number of carbonyl (C=O) groups excluding carboxylic acids is 1. The Morgan fingerprint density at radius 3 is 2.11 bits per heavy atom. The van der Waals surface area contributed by atoms with Crippen molar-refractivity contribution in [1.82, 2.24) is 5.32 Å². The highest BCUT2D eigenvalue weighted by Crippen LogP contribution is 2.31. The van der Waals surface area contributed by atoms with Crippen molar-refractivity contribution in [3.63, 3.8) is 0 Å². The van der Waals surface area contributed by atoms with Gasteiger partial charge in [0, 0.05) is 30.8 Å². The average Bonchev–Trinajstić information content (AvgIpc) is 3.03. The van der Waals surface area contributed by atoms with Crippen molar-refractivity contribution in [2.45, 2.75) is 96.4 Å². The second-order valence-corrected chi connectivity index (χ2v) is 13.2. The molecule has 4 rings (SSSR count). The number of aliphatic carboxylic acids is 1. The summed E-state index contributed by atoms with van der Waals surface area (Å²) in [6.07, 6.45) is 8.61. The van der Waals surface area contributed by atoms with E-state index in [0.29, 0.717) is 11.5 Å². The molecule has 1 amide bonds. The van der Waals surface area contributed by atoms with Gasteiger partial charge in [0.05, 0.1) is 6.61 Å². The smallest absolute Gasteiger partial charge is 0.326 e. The second-order valence-electron chi connectivity index (χ2n) is 13.2. The molecule has 1 heterocycles. The lowest BCUT2D eigenvalue weighted by Gasteiger charge is -2.34. The maximum atomic E-state index is 12.8. The Kier molecular flexibility index (Phi) is 11.9. The predicted octanol–water partition coefficient (Wildman–Crippen LogP) is 8.14. The van der Waals surface area contributed by atoms with E-state index in [1.807, 2.05) is 24.3 Å². The summed E-state index contributed by atoms with van der Waals surface area (Å²) in [5, 5.41) is 12.5. The van der Waals surface area contributed by atoms with Crippen LogP contribution in [-0.4, -0.2) is 42.7 Å². The number of benzene rings is 3. The zero-order valence-corrected chi connectivity index (χ0v) is 27.0. The van der Waals surface area contributed by atoms with Gasteiger partial charge >= 0.3 is 5.97 Å². The van der Waals surface area contributed by atoms with E-state index in [1.165, 1.54) is 31.2 Å². The molecule has 0 aromatic heterocycles. The Hall–Kier alpha value is -3.80. The predicted molar refractivity (Wildman–Crippen MR) is 179 cm³/mol. The summed E-state index contributed by atoms with van der Waals surface area (Å²) >= 11 is 0. The fourth-order valence-electron chi connectivity index (χ4n) is 5.84. The molecule has 6 nitrogen and oxygen atoms in total. The first-order valence-electron chi connectivity index (χ1n) is 16.3. The summed E-state index contributed by atoms with van der Waals surface area (Å²) in [6.45, 7) is 11.3. The van der Waals surface area contributed by atoms with Crippen LogP contribution in [0.4, 0.5) is 5.69 Å². The number of piperidine rings is 1. The van der Waals surface area contributed by atoms with Crippen LogP contribution in [0.1, 0.15) is 106 Å². The number of hydrogen-bond donors (Lipinski definition) is 2. The fraction of sp³-hybridized carbons (Fsp3) is 0.474. The summed E-state index contributed by atoms with van der Waals surface area (Å²) in [5.41, 5.74) is 4.96. The third kappa shape index (κ3) is 9.60. The Labute approximate surface area is 263 Å². The molecule has 236 valence electrons. The summed E-state index contributed by atoms with van der Waals surface area (Å²) in [7, 11) is 0. The number of hydrogen-bond acceptors (Lipinski definition) is 4. The molecule has 3 aromatic rings. The number of rotatable bonds is 14. The Bertz CT molecular complexity index is 1320. The van der Waals surface area contributed by atoms with Crippen LogP contribution in [0.15, 0.2) is 72.8 Å². The SMILES string of the molecule is CCCCCCCOc1ccc(C2CCN(c3ccc(C[C@H](NC(=O)c4ccc(C(C)(C)C)cc4)C(=O)O)cc3)CC2)cc1. The first-order valence-corrected chi connectivity index (χ1v) is 16.3. The van der Waals surface area contributed by atoms with E-state index in [-0.39, 0.29) is 17.7 Å². The molecule has 1 fully saturated rings. The minimum atomic E-state index is -1.04. The number of nitrogens with one attached hydrogen (secondary N) is 1. The minimum absolute atomic E-state index is 0.0185. The number of carboxylic acid groups (broad SMARTS) is 1. The second kappa shape index (κ2) is 15.8. The van der Waals surface area contributed by atoms with Crippen LogP contribution in [0.2, 0.25) is 0 Å². The molecule has 6 heteroatoms. The van der Waals surface area contributed by atoms with Gasteiger partial charge in [-0.25, -0.2) is 4.79 Å². The van der Waals surface area contributed by atoms with Gasteiger partial charge in [-0.15, -0.1) is 0 Å². The molecule has 1 atom stereocenters. The highest BCUT2D eigenvalue weighted by molar-refractivity contribution is 5.96. The molecule has 3 aromatic carbocycles. The van der Waals surface area contributed by atoms with Gasteiger partial charge in [0.15, 0.2) is 0 Å². The van der Waals surface area contributed by atoms with Gasteiger partial charge in [-0.05, 0) is 83.7 Å². The highest BCUT2D eigenvalue weighted by Gasteiger charge is 2.23. The number of amides is 1. The molecule has 0 bridgehead atoms. The molecule has 1 aliphatic rings. The maximum Gasteiger partial charge on any atom is 0.326 e. The first-order chi connectivity index (χ1) is 21.1. The molecule has 0 unspecified atom stereocenters. The van der Waals surface area contributed by atoms with Gasteiger partial charge in [0.1, 0.15) is 11.8 Å².